The van der Waals surface area contributed by atoms with Crippen molar-refractivity contribution in [3.8, 4) is 0 Å². The van der Waals surface area contributed by atoms with Crippen LogP contribution in [0.4, 0.5) is 17.1 Å². The molecule has 5 nitrogen and oxygen atoms in total. The molecule has 2 aliphatic heterocycles. The molecule has 1 saturated heterocycles. The van der Waals surface area contributed by atoms with E-state index in [1.807, 2.05) is 18.2 Å². The molecule has 4 rings (SSSR count). The van der Waals surface area contributed by atoms with Crippen LogP contribution in [0.15, 0.2) is 47.4 Å². The number of amides is 2. The molecule has 26 heavy (non-hydrogen) atoms. The van der Waals surface area contributed by atoms with Gasteiger partial charge in [0.2, 0.25) is 5.91 Å². The molecule has 6 heteroatoms. The minimum atomic E-state index is -0.177. The summed E-state index contributed by atoms with van der Waals surface area (Å²) in [7, 11) is 0. The standard InChI is InChI=1S/C20H21N3O2S/c24-19-13-26-18-9-4-14(12-17(18)22-19)20(25)21-15-5-7-16(8-6-15)23-10-2-1-3-11-23/h4-9,12H,1-3,10-11,13H2,(H,21,25)(H,22,24). The molecule has 134 valence electrons. The fraction of sp³-hybridized carbons (Fsp3) is 0.300. The van der Waals surface area contributed by atoms with Gasteiger partial charge in [0.15, 0.2) is 0 Å². The van der Waals surface area contributed by atoms with E-state index in [-0.39, 0.29) is 11.8 Å². The number of nitrogens with zero attached hydrogens (tertiary/aromatic N) is 1. The Bertz CT molecular complexity index is 829. The SMILES string of the molecule is O=C1CSc2ccc(C(=O)Nc3ccc(N4CCCCC4)cc3)cc2N1. The predicted molar refractivity (Wildman–Crippen MR) is 106 cm³/mol. The molecule has 0 unspecified atom stereocenters. The van der Waals surface area contributed by atoms with E-state index in [2.05, 4.69) is 27.7 Å². The van der Waals surface area contributed by atoms with Crippen LogP contribution in [-0.2, 0) is 4.79 Å². The van der Waals surface area contributed by atoms with Crippen molar-refractivity contribution in [3.63, 3.8) is 0 Å². The third kappa shape index (κ3) is 3.70. The van der Waals surface area contributed by atoms with Gasteiger partial charge in [-0.2, -0.15) is 0 Å². The first-order valence-corrected chi connectivity index (χ1v) is 9.91. The lowest BCUT2D eigenvalue weighted by atomic mass is 10.1. The van der Waals surface area contributed by atoms with E-state index in [1.54, 1.807) is 12.1 Å². The van der Waals surface area contributed by atoms with E-state index < -0.39 is 0 Å². The Morgan fingerprint density at radius 3 is 2.58 bits per heavy atom. The third-order valence-electron chi connectivity index (χ3n) is 4.72. The van der Waals surface area contributed by atoms with Gasteiger partial charge in [0, 0.05) is 34.9 Å². The number of anilines is 3. The second-order valence-electron chi connectivity index (χ2n) is 6.60. The first kappa shape index (κ1) is 17.0. The highest BCUT2D eigenvalue weighted by Crippen LogP contribution is 2.32. The molecule has 0 aromatic heterocycles. The summed E-state index contributed by atoms with van der Waals surface area (Å²) in [5.74, 6) is 0.207. The van der Waals surface area contributed by atoms with Gasteiger partial charge < -0.3 is 15.5 Å². The number of rotatable bonds is 3. The van der Waals surface area contributed by atoms with Crippen molar-refractivity contribution in [2.75, 3.05) is 34.4 Å². The number of fused-ring (bicyclic) bond motifs is 1. The first-order chi connectivity index (χ1) is 12.7. The third-order valence-corrected chi connectivity index (χ3v) is 5.79. The van der Waals surface area contributed by atoms with Gasteiger partial charge in [-0.3, -0.25) is 9.59 Å². The molecule has 0 radical (unpaired) electrons. The molecular formula is C20H21N3O2S. The summed E-state index contributed by atoms with van der Waals surface area (Å²) in [6.07, 6.45) is 3.79. The molecule has 2 aliphatic rings. The van der Waals surface area contributed by atoms with Gasteiger partial charge in [-0.15, -0.1) is 11.8 Å². The lowest BCUT2D eigenvalue weighted by Crippen LogP contribution is -2.29. The molecule has 2 heterocycles. The molecule has 2 amide bonds. The van der Waals surface area contributed by atoms with Crippen molar-refractivity contribution in [1.29, 1.82) is 0 Å². The van der Waals surface area contributed by atoms with Crippen molar-refractivity contribution < 1.29 is 9.59 Å². The highest BCUT2D eigenvalue weighted by Gasteiger charge is 2.17. The van der Waals surface area contributed by atoms with Gasteiger partial charge in [0.25, 0.3) is 5.91 Å². The summed E-state index contributed by atoms with van der Waals surface area (Å²) in [6.45, 7) is 2.20. The van der Waals surface area contributed by atoms with E-state index in [0.29, 0.717) is 17.0 Å². The molecule has 0 spiro atoms. The number of hydrogen-bond acceptors (Lipinski definition) is 4. The second kappa shape index (κ2) is 7.41. The van der Waals surface area contributed by atoms with Crippen LogP contribution < -0.4 is 15.5 Å². The Balaban J connectivity index is 1.44. The van der Waals surface area contributed by atoms with Crippen LogP contribution in [0.2, 0.25) is 0 Å². The molecule has 0 bridgehead atoms. The Morgan fingerprint density at radius 1 is 1.04 bits per heavy atom. The van der Waals surface area contributed by atoms with Crippen molar-refractivity contribution >= 4 is 40.6 Å². The summed E-state index contributed by atoms with van der Waals surface area (Å²) in [6, 6.07) is 13.4. The Labute approximate surface area is 157 Å². The number of nitrogens with one attached hydrogen (secondary N) is 2. The smallest absolute Gasteiger partial charge is 0.255 e. The molecule has 0 saturated carbocycles. The van der Waals surface area contributed by atoms with Crippen LogP contribution in [0.1, 0.15) is 29.6 Å². The molecule has 1 fully saturated rings. The fourth-order valence-corrected chi connectivity index (χ4v) is 4.12. The van der Waals surface area contributed by atoms with Crippen molar-refractivity contribution in [1.82, 2.24) is 0 Å². The number of benzene rings is 2. The first-order valence-electron chi connectivity index (χ1n) is 8.92. The summed E-state index contributed by atoms with van der Waals surface area (Å²) in [5, 5.41) is 5.75. The molecule has 0 aliphatic carbocycles. The van der Waals surface area contributed by atoms with Crippen LogP contribution in [-0.4, -0.2) is 30.7 Å². The van der Waals surface area contributed by atoms with E-state index in [4.69, 9.17) is 0 Å². The number of carbonyl (C=O) groups excluding carboxylic acids is 2. The van der Waals surface area contributed by atoms with Crippen molar-refractivity contribution in [2.45, 2.75) is 24.2 Å². The summed E-state index contributed by atoms with van der Waals surface area (Å²) in [4.78, 5) is 27.4. The van der Waals surface area contributed by atoms with E-state index in [1.165, 1.54) is 36.7 Å². The highest BCUT2D eigenvalue weighted by molar-refractivity contribution is 8.00. The zero-order valence-corrected chi connectivity index (χ0v) is 15.3. The monoisotopic (exact) mass is 367 g/mol. The van der Waals surface area contributed by atoms with Crippen LogP contribution >= 0.6 is 11.8 Å². The molecule has 0 atom stereocenters. The van der Waals surface area contributed by atoms with Gasteiger partial charge in [0.05, 0.1) is 11.4 Å². The molecule has 2 aromatic rings. The minimum absolute atomic E-state index is 0.0339. The quantitative estimate of drug-likeness (QED) is 0.862. The van der Waals surface area contributed by atoms with E-state index in [0.717, 1.165) is 23.7 Å². The number of hydrogen-bond donors (Lipinski definition) is 2. The molecule has 2 aromatic carbocycles. The predicted octanol–water partition coefficient (Wildman–Crippen LogP) is 3.97. The average Bonchev–Trinajstić information content (AvgIpc) is 2.68. The summed E-state index contributed by atoms with van der Waals surface area (Å²) < 4.78 is 0. The van der Waals surface area contributed by atoms with Crippen molar-refractivity contribution in [3.05, 3.63) is 48.0 Å². The normalized spacial score (nSPS) is 16.6. The number of carbonyl (C=O) groups is 2. The summed E-state index contributed by atoms with van der Waals surface area (Å²) in [5.41, 5.74) is 3.22. The van der Waals surface area contributed by atoms with Gasteiger partial charge in [-0.25, -0.2) is 0 Å². The van der Waals surface area contributed by atoms with Crippen LogP contribution in [0, 0.1) is 0 Å². The maximum Gasteiger partial charge on any atom is 0.255 e. The average molecular weight is 367 g/mol. The number of piperidine rings is 1. The van der Waals surface area contributed by atoms with Crippen molar-refractivity contribution in [2.24, 2.45) is 0 Å². The van der Waals surface area contributed by atoms with Gasteiger partial charge in [-0.1, -0.05) is 0 Å². The fourth-order valence-electron chi connectivity index (χ4n) is 3.34. The van der Waals surface area contributed by atoms with E-state index >= 15 is 0 Å². The topological polar surface area (TPSA) is 61.4 Å². The molecular weight excluding hydrogens is 346 g/mol. The summed E-state index contributed by atoms with van der Waals surface area (Å²) >= 11 is 1.49. The minimum Gasteiger partial charge on any atom is -0.372 e. The highest BCUT2D eigenvalue weighted by atomic mass is 32.2. The zero-order valence-electron chi connectivity index (χ0n) is 14.5. The lowest BCUT2D eigenvalue weighted by molar-refractivity contribution is -0.113. The van der Waals surface area contributed by atoms with Crippen LogP contribution in [0.25, 0.3) is 0 Å². The lowest BCUT2D eigenvalue weighted by Gasteiger charge is -2.28. The van der Waals surface area contributed by atoms with Gasteiger partial charge in [-0.05, 0) is 61.7 Å². The second-order valence-corrected chi connectivity index (χ2v) is 7.61. The Kier molecular flexibility index (Phi) is 4.84. The largest absolute Gasteiger partial charge is 0.372 e. The zero-order chi connectivity index (χ0) is 17.9. The van der Waals surface area contributed by atoms with Crippen LogP contribution in [0.3, 0.4) is 0 Å². The van der Waals surface area contributed by atoms with Gasteiger partial charge in [0.1, 0.15) is 0 Å². The maximum atomic E-state index is 12.5. The number of thioether (sulfide) groups is 1. The maximum absolute atomic E-state index is 12.5. The van der Waals surface area contributed by atoms with E-state index in [9.17, 15) is 9.59 Å². The Morgan fingerprint density at radius 2 is 1.81 bits per heavy atom. The molecule has 2 N–H and O–H groups in total. The van der Waals surface area contributed by atoms with Crippen LogP contribution in [0.5, 0.6) is 0 Å². The Hall–Kier alpha value is -2.47. The van der Waals surface area contributed by atoms with Gasteiger partial charge >= 0.3 is 0 Å².